The lowest BCUT2D eigenvalue weighted by Gasteiger charge is -2.11. The van der Waals surface area contributed by atoms with E-state index in [9.17, 15) is 0 Å². The molecule has 0 amide bonds. The third-order valence-electron chi connectivity index (χ3n) is 2.51. The third-order valence-corrected chi connectivity index (χ3v) is 2.97. The maximum atomic E-state index is 3.56. The van der Waals surface area contributed by atoms with Crippen molar-refractivity contribution in [3.63, 3.8) is 0 Å². The van der Waals surface area contributed by atoms with Gasteiger partial charge in [0.05, 0.1) is 0 Å². The Hall–Kier alpha value is -0.300. The predicted octanol–water partition coefficient (Wildman–Crippen LogP) is 5.16. The Bertz CT molecular complexity index is 264. The van der Waals surface area contributed by atoms with Crippen LogP contribution < -0.4 is 0 Å². The molecule has 0 aliphatic carbocycles. The molecule has 0 unspecified atom stereocenters. The van der Waals surface area contributed by atoms with Gasteiger partial charge in [-0.3, -0.25) is 0 Å². The molecular weight excluding hydrogens is 248 g/mol. The molecular formula is C14H23Br. The van der Waals surface area contributed by atoms with Gasteiger partial charge < -0.3 is 0 Å². The van der Waals surface area contributed by atoms with Crippen molar-refractivity contribution < 1.29 is 0 Å². The molecule has 1 aromatic carbocycles. The molecule has 86 valence electrons. The average Bonchev–Trinajstić information content (AvgIpc) is 2.30. The van der Waals surface area contributed by atoms with Gasteiger partial charge in [0, 0.05) is 4.47 Å². The van der Waals surface area contributed by atoms with E-state index in [1.165, 1.54) is 15.6 Å². The highest BCUT2D eigenvalue weighted by atomic mass is 79.9. The van der Waals surface area contributed by atoms with Crippen molar-refractivity contribution >= 4 is 15.9 Å². The molecule has 1 rings (SSSR count). The molecule has 0 fully saturated rings. The second kappa shape index (κ2) is 7.92. The van der Waals surface area contributed by atoms with Crippen LogP contribution in [0.3, 0.4) is 0 Å². The van der Waals surface area contributed by atoms with Gasteiger partial charge in [-0.1, -0.05) is 50.5 Å². The van der Waals surface area contributed by atoms with Gasteiger partial charge in [0.25, 0.3) is 0 Å². The van der Waals surface area contributed by atoms with Crippen LogP contribution in [0.4, 0.5) is 0 Å². The van der Waals surface area contributed by atoms with Crippen molar-refractivity contribution in [3.05, 3.63) is 33.3 Å². The van der Waals surface area contributed by atoms with Gasteiger partial charge >= 0.3 is 0 Å². The number of benzene rings is 1. The number of aryl methyl sites for hydroxylation is 2. The van der Waals surface area contributed by atoms with Gasteiger partial charge in [0.1, 0.15) is 0 Å². The van der Waals surface area contributed by atoms with Crippen LogP contribution in [-0.2, 0) is 19.3 Å². The molecule has 1 aromatic rings. The highest BCUT2D eigenvalue weighted by Crippen LogP contribution is 2.23. The van der Waals surface area contributed by atoms with Gasteiger partial charge in [-0.2, -0.15) is 0 Å². The van der Waals surface area contributed by atoms with Crippen LogP contribution >= 0.6 is 15.9 Å². The lowest BCUT2D eigenvalue weighted by molar-refractivity contribution is 0.978. The molecule has 0 radical (unpaired) electrons. The van der Waals surface area contributed by atoms with E-state index in [1.54, 1.807) is 5.56 Å². The van der Waals surface area contributed by atoms with Crippen molar-refractivity contribution in [2.75, 3.05) is 0 Å². The topological polar surface area (TPSA) is 0 Å². The van der Waals surface area contributed by atoms with E-state index in [0.717, 1.165) is 19.3 Å². The summed E-state index contributed by atoms with van der Waals surface area (Å²) >= 11 is 3.56. The zero-order valence-electron chi connectivity index (χ0n) is 10.7. The van der Waals surface area contributed by atoms with Crippen molar-refractivity contribution in [1.29, 1.82) is 0 Å². The fourth-order valence-corrected chi connectivity index (χ4v) is 2.39. The van der Waals surface area contributed by atoms with E-state index in [-0.39, 0.29) is 0 Å². The van der Waals surface area contributed by atoms with Crippen LogP contribution in [-0.4, -0.2) is 0 Å². The lowest BCUT2D eigenvalue weighted by Crippen LogP contribution is -1.97. The minimum Gasteiger partial charge on any atom is -0.0683 e. The smallest absolute Gasteiger partial charge is 0.0180 e. The van der Waals surface area contributed by atoms with Gasteiger partial charge in [-0.05, 0) is 48.1 Å². The van der Waals surface area contributed by atoms with Gasteiger partial charge in [0.2, 0.25) is 0 Å². The predicted molar refractivity (Wildman–Crippen MR) is 73.6 cm³/mol. The molecule has 0 saturated carbocycles. The van der Waals surface area contributed by atoms with E-state index in [0.29, 0.717) is 0 Å². The fourth-order valence-electron chi connectivity index (χ4n) is 1.84. The lowest BCUT2D eigenvalue weighted by atomic mass is 9.96. The van der Waals surface area contributed by atoms with Gasteiger partial charge in [-0.15, -0.1) is 0 Å². The summed E-state index contributed by atoms with van der Waals surface area (Å²) in [7, 11) is 0. The third kappa shape index (κ3) is 3.98. The first-order valence-corrected chi connectivity index (χ1v) is 6.82. The molecule has 0 N–H and O–H groups in total. The molecule has 0 spiro atoms. The number of hydrogen-bond donors (Lipinski definition) is 0. The molecule has 0 atom stereocenters. The highest BCUT2D eigenvalue weighted by molar-refractivity contribution is 9.10. The Balaban J connectivity index is 0.000000921. The summed E-state index contributed by atoms with van der Waals surface area (Å²) in [4.78, 5) is 0. The Labute approximate surface area is 103 Å². The molecule has 0 nitrogen and oxygen atoms in total. The van der Waals surface area contributed by atoms with Crippen LogP contribution in [0.15, 0.2) is 16.6 Å². The molecule has 1 heteroatoms. The first-order valence-electron chi connectivity index (χ1n) is 6.03. The van der Waals surface area contributed by atoms with Crippen molar-refractivity contribution in [2.24, 2.45) is 0 Å². The van der Waals surface area contributed by atoms with E-state index < -0.39 is 0 Å². The number of rotatable bonds is 3. The van der Waals surface area contributed by atoms with Gasteiger partial charge in [-0.25, -0.2) is 0 Å². The normalized spacial score (nSPS) is 9.47. The number of halogens is 1. The summed E-state index contributed by atoms with van der Waals surface area (Å²) in [5.74, 6) is 0. The molecule has 0 aliphatic heterocycles. The molecule has 0 bridgehead atoms. The fraction of sp³-hybridized carbons (Fsp3) is 0.571. The summed E-state index contributed by atoms with van der Waals surface area (Å²) in [6.07, 6.45) is 3.42. The van der Waals surface area contributed by atoms with Crippen LogP contribution in [0.25, 0.3) is 0 Å². The summed E-state index contributed by atoms with van der Waals surface area (Å²) in [6, 6.07) is 4.50. The second-order valence-electron chi connectivity index (χ2n) is 3.26. The monoisotopic (exact) mass is 270 g/mol. The molecule has 0 aliphatic rings. The Morgan fingerprint density at radius 2 is 1.27 bits per heavy atom. The van der Waals surface area contributed by atoms with Gasteiger partial charge in [0.15, 0.2) is 0 Å². The SMILES string of the molecule is CC.CCc1cc(Br)cc(CC)c1CC. The Morgan fingerprint density at radius 3 is 1.53 bits per heavy atom. The maximum Gasteiger partial charge on any atom is 0.0180 e. The maximum absolute atomic E-state index is 3.56. The Kier molecular flexibility index (Phi) is 7.76. The first-order chi connectivity index (χ1) is 7.22. The zero-order valence-corrected chi connectivity index (χ0v) is 12.2. The summed E-state index contributed by atoms with van der Waals surface area (Å²) in [5, 5.41) is 0. The zero-order chi connectivity index (χ0) is 11.8. The minimum atomic E-state index is 1.13. The average molecular weight is 271 g/mol. The van der Waals surface area contributed by atoms with E-state index >= 15 is 0 Å². The van der Waals surface area contributed by atoms with Crippen LogP contribution in [0.5, 0.6) is 0 Å². The molecule has 0 aromatic heterocycles. The van der Waals surface area contributed by atoms with Crippen LogP contribution in [0.2, 0.25) is 0 Å². The first kappa shape index (κ1) is 14.7. The standard InChI is InChI=1S/C12H17Br.C2H6/c1-4-9-7-11(13)8-10(5-2)12(9)6-3;1-2/h7-8H,4-6H2,1-3H3;1-2H3. The van der Waals surface area contributed by atoms with E-state index in [4.69, 9.17) is 0 Å². The number of hydrogen-bond acceptors (Lipinski definition) is 0. The summed E-state index contributed by atoms with van der Waals surface area (Å²) < 4.78 is 1.22. The summed E-state index contributed by atoms with van der Waals surface area (Å²) in [5.41, 5.74) is 4.54. The van der Waals surface area contributed by atoms with Crippen molar-refractivity contribution in [3.8, 4) is 0 Å². The molecule has 0 saturated heterocycles. The largest absolute Gasteiger partial charge is 0.0683 e. The van der Waals surface area contributed by atoms with Crippen LogP contribution in [0, 0.1) is 0 Å². The summed E-state index contributed by atoms with van der Waals surface area (Å²) in [6.45, 7) is 10.7. The van der Waals surface area contributed by atoms with Crippen LogP contribution in [0.1, 0.15) is 51.3 Å². The quantitative estimate of drug-likeness (QED) is 0.712. The van der Waals surface area contributed by atoms with Crippen molar-refractivity contribution in [1.82, 2.24) is 0 Å². The van der Waals surface area contributed by atoms with E-state index in [2.05, 4.69) is 48.8 Å². The Morgan fingerprint density at radius 1 is 0.867 bits per heavy atom. The minimum absolute atomic E-state index is 1.13. The molecule has 0 heterocycles. The van der Waals surface area contributed by atoms with E-state index in [1.807, 2.05) is 13.8 Å². The second-order valence-corrected chi connectivity index (χ2v) is 4.18. The van der Waals surface area contributed by atoms with Crippen molar-refractivity contribution in [2.45, 2.75) is 53.9 Å². The highest BCUT2D eigenvalue weighted by Gasteiger charge is 2.05. The molecule has 15 heavy (non-hydrogen) atoms.